The lowest BCUT2D eigenvalue weighted by atomic mass is 10.2. The van der Waals surface area contributed by atoms with E-state index in [4.69, 9.17) is 9.16 Å². The van der Waals surface area contributed by atoms with Gasteiger partial charge in [0.05, 0.1) is 12.7 Å². The summed E-state index contributed by atoms with van der Waals surface area (Å²) in [5.41, 5.74) is 0. The van der Waals surface area contributed by atoms with Gasteiger partial charge in [-0.25, -0.2) is 0 Å². The minimum Gasteiger partial charge on any atom is -0.396 e. The van der Waals surface area contributed by atoms with E-state index in [1.165, 1.54) is 10.4 Å². The van der Waals surface area contributed by atoms with E-state index < -0.39 is 8.32 Å². The Balaban J connectivity index is 2.43. The highest BCUT2D eigenvalue weighted by atomic mass is 127. The van der Waals surface area contributed by atoms with Crippen LogP contribution < -0.4 is 10.4 Å². The number of alkyl halides is 2. The first-order valence-electron chi connectivity index (χ1n) is 9.41. The predicted molar refractivity (Wildman–Crippen MR) is 135 cm³/mol. The van der Waals surface area contributed by atoms with Gasteiger partial charge < -0.3 is 9.16 Å². The highest BCUT2D eigenvalue weighted by molar-refractivity contribution is 14.1. The van der Waals surface area contributed by atoms with E-state index >= 15 is 0 Å². The molecule has 2 aromatic carbocycles. The Morgan fingerprint density at radius 2 is 1.41 bits per heavy atom. The Morgan fingerprint density at radius 1 is 0.926 bits per heavy atom. The van der Waals surface area contributed by atoms with Gasteiger partial charge in [-0.05, 0) is 22.3 Å². The first kappa shape index (κ1) is 23.3. The van der Waals surface area contributed by atoms with Gasteiger partial charge in [0.25, 0.3) is 8.32 Å². The van der Waals surface area contributed by atoms with Crippen LogP contribution >= 0.6 is 45.2 Å². The SMILES string of the molecule is CC(CC(I)O[Si](c1ccccc1)(c1ccccc1)C(C)(C)C)OCCI. The third-order valence-electron chi connectivity index (χ3n) is 4.72. The van der Waals surface area contributed by atoms with Crippen molar-refractivity contribution >= 4 is 63.9 Å². The summed E-state index contributed by atoms with van der Waals surface area (Å²) in [6.45, 7) is 9.90. The third-order valence-corrected chi connectivity index (χ3v) is 11.4. The van der Waals surface area contributed by atoms with Crippen LogP contribution in [0.2, 0.25) is 5.04 Å². The predicted octanol–water partition coefficient (Wildman–Crippen LogP) is 5.55. The fourth-order valence-corrected chi connectivity index (χ4v) is 10.1. The zero-order valence-corrected chi connectivity index (χ0v) is 21.9. The standard InChI is InChI=1S/C22H30I2O2Si/c1-18(25-16-15-23)17-21(24)26-27(22(2,3)4,19-11-7-5-8-12-19)20-13-9-6-10-14-20/h5-14,18,21H,15-17H2,1-4H3. The minimum atomic E-state index is -2.48. The van der Waals surface area contributed by atoms with Crippen molar-refractivity contribution in [3.05, 3.63) is 60.7 Å². The highest BCUT2D eigenvalue weighted by Gasteiger charge is 2.51. The molecule has 2 unspecified atom stereocenters. The molecule has 0 radical (unpaired) electrons. The minimum absolute atomic E-state index is 0.00539. The van der Waals surface area contributed by atoms with Crippen molar-refractivity contribution in [1.29, 1.82) is 0 Å². The largest absolute Gasteiger partial charge is 0.396 e. The molecule has 2 nitrogen and oxygen atoms in total. The smallest absolute Gasteiger partial charge is 0.262 e. The van der Waals surface area contributed by atoms with E-state index in [2.05, 4.69) is 134 Å². The quantitative estimate of drug-likeness (QED) is 0.211. The zero-order valence-electron chi connectivity index (χ0n) is 16.6. The van der Waals surface area contributed by atoms with E-state index in [9.17, 15) is 0 Å². The van der Waals surface area contributed by atoms with Crippen LogP contribution in [0.1, 0.15) is 34.1 Å². The molecule has 0 saturated carbocycles. The maximum Gasteiger partial charge on any atom is 0.262 e. The molecule has 2 aromatic rings. The zero-order chi connectivity index (χ0) is 19.9. The molecule has 5 heteroatoms. The van der Waals surface area contributed by atoms with Crippen LogP contribution in [-0.2, 0) is 9.16 Å². The van der Waals surface area contributed by atoms with E-state index in [1.807, 2.05) is 0 Å². The summed E-state index contributed by atoms with van der Waals surface area (Å²) in [5.74, 6) is 0. The molecule has 0 bridgehead atoms. The van der Waals surface area contributed by atoms with Crippen molar-refractivity contribution in [2.45, 2.75) is 49.4 Å². The van der Waals surface area contributed by atoms with Crippen LogP contribution in [0.15, 0.2) is 60.7 Å². The second-order valence-electron chi connectivity index (χ2n) is 7.80. The number of benzene rings is 2. The molecule has 148 valence electrons. The van der Waals surface area contributed by atoms with Gasteiger partial charge in [0.1, 0.15) is 4.11 Å². The van der Waals surface area contributed by atoms with E-state index in [-0.39, 0.29) is 15.3 Å². The van der Waals surface area contributed by atoms with Crippen molar-refractivity contribution in [2.75, 3.05) is 11.0 Å². The van der Waals surface area contributed by atoms with Crippen LogP contribution in [0.3, 0.4) is 0 Å². The molecule has 2 atom stereocenters. The van der Waals surface area contributed by atoms with Crippen molar-refractivity contribution in [2.24, 2.45) is 0 Å². The summed E-state index contributed by atoms with van der Waals surface area (Å²) < 4.78 is 14.1. The molecule has 27 heavy (non-hydrogen) atoms. The molecule has 0 aliphatic rings. The van der Waals surface area contributed by atoms with Crippen LogP contribution in [0.5, 0.6) is 0 Å². The van der Waals surface area contributed by atoms with Gasteiger partial charge in [-0.15, -0.1) is 0 Å². The fourth-order valence-electron chi connectivity index (χ4n) is 3.51. The van der Waals surface area contributed by atoms with Gasteiger partial charge in [0, 0.05) is 10.8 Å². The molecule has 0 aromatic heterocycles. The summed E-state index contributed by atoms with van der Waals surface area (Å²) in [6, 6.07) is 21.6. The molecule has 0 heterocycles. The topological polar surface area (TPSA) is 18.5 Å². The van der Waals surface area contributed by atoms with Gasteiger partial charge in [-0.1, -0.05) is 127 Å². The van der Waals surface area contributed by atoms with Gasteiger partial charge in [-0.3, -0.25) is 0 Å². The molecular weight excluding hydrogens is 578 g/mol. The Bertz CT molecular complexity index is 634. The van der Waals surface area contributed by atoms with Crippen molar-refractivity contribution in [1.82, 2.24) is 0 Å². The monoisotopic (exact) mass is 608 g/mol. The molecule has 2 rings (SSSR count). The molecule has 0 N–H and O–H groups in total. The molecular formula is C22H30I2O2Si. The number of hydrogen-bond donors (Lipinski definition) is 0. The number of halogens is 2. The van der Waals surface area contributed by atoms with Gasteiger partial charge in [0.15, 0.2) is 0 Å². The number of rotatable bonds is 9. The highest BCUT2D eigenvalue weighted by Crippen LogP contribution is 2.38. The molecule has 0 spiro atoms. The first-order valence-corrected chi connectivity index (χ1v) is 14.1. The Kier molecular flexibility index (Phi) is 9.25. The molecule has 0 aliphatic carbocycles. The van der Waals surface area contributed by atoms with Gasteiger partial charge in [-0.2, -0.15) is 0 Å². The van der Waals surface area contributed by atoms with Gasteiger partial charge in [0.2, 0.25) is 0 Å². The van der Waals surface area contributed by atoms with Crippen LogP contribution in [0.25, 0.3) is 0 Å². The van der Waals surface area contributed by atoms with Gasteiger partial charge >= 0.3 is 0 Å². The van der Waals surface area contributed by atoms with Crippen LogP contribution in [0.4, 0.5) is 0 Å². The summed E-state index contributed by atoms with van der Waals surface area (Å²) in [6.07, 6.45) is 1.08. The number of ether oxygens (including phenoxy) is 1. The summed E-state index contributed by atoms with van der Waals surface area (Å²) in [5, 5.41) is 2.66. The lowest BCUT2D eigenvalue weighted by Gasteiger charge is -2.44. The maximum atomic E-state index is 7.07. The van der Waals surface area contributed by atoms with Crippen molar-refractivity contribution in [3.63, 3.8) is 0 Å². The van der Waals surface area contributed by atoms with Crippen LogP contribution in [0, 0.1) is 0 Å². The summed E-state index contributed by atoms with van der Waals surface area (Å²) in [7, 11) is -2.48. The second kappa shape index (κ2) is 10.7. The summed E-state index contributed by atoms with van der Waals surface area (Å²) in [4.78, 5) is 0. The average molecular weight is 608 g/mol. The first-order chi connectivity index (χ1) is 12.8. The molecule has 0 fully saturated rings. The van der Waals surface area contributed by atoms with Crippen molar-refractivity contribution in [3.8, 4) is 0 Å². The molecule has 0 amide bonds. The Morgan fingerprint density at radius 3 is 1.81 bits per heavy atom. The molecule has 0 saturated heterocycles. The van der Waals surface area contributed by atoms with E-state index in [0.29, 0.717) is 0 Å². The average Bonchev–Trinajstić information content (AvgIpc) is 2.65. The van der Waals surface area contributed by atoms with E-state index in [1.54, 1.807) is 0 Å². The van der Waals surface area contributed by atoms with Crippen LogP contribution in [-0.4, -0.2) is 29.6 Å². The molecule has 0 aliphatic heterocycles. The maximum absolute atomic E-state index is 7.07. The number of hydrogen-bond acceptors (Lipinski definition) is 2. The van der Waals surface area contributed by atoms with Crippen molar-refractivity contribution < 1.29 is 9.16 Å². The third kappa shape index (κ3) is 6.01. The summed E-state index contributed by atoms with van der Waals surface area (Å²) >= 11 is 4.81. The van der Waals surface area contributed by atoms with E-state index in [0.717, 1.165) is 17.5 Å². The Labute approximate surface area is 192 Å². The normalized spacial score (nSPS) is 14.7. The lowest BCUT2D eigenvalue weighted by Crippen LogP contribution is -2.67. The lowest BCUT2D eigenvalue weighted by molar-refractivity contribution is 0.0584. The second-order valence-corrected chi connectivity index (χ2v) is 14.5. The Hall–Kier alpha value is 0.0369. The fraction of sp³-hybridized carbons (Fsp3) is 0.455.